The minimum atomic E-state index is -1.17. The molecule has 8 nitrogen and oxygen atoms in total. The van der Waals surface area contributed by atoms with Gasteiger partial charge in [-0.3, -0.25) is 4.79 Å². The molecule has 1 spiro atoms. The number of esters is 1. The van der Waals surface area contributed by atoms with Crippen LogP contribution in [0.5, 0.6) is 17.2 Å². The first-order valence-corrected chi connectivity index (χ1v) is 13.0. The fourth-order valence-corrected chi connectivity index (χ4v) is 6.07. The maximum absolute atomic E-state index is 14.3. The second kappa shape index (κ2) is 9.52. The van der Waals surface area contributed by atoms with Crippen molar-refractivity contribution in [1.82, 2.24) is 0 Å². The molecule has 0 bridgehead atoms. The van der Waals surface area contributed by atoms with Crippen LogP contribution in [0.25, 0.3) is 6.08 Å². The van der Waals surface area contributed by atoms with E-state index in [1.807, 2.05) is 42.5 Å². The zero-order chi connectivity index (χ0) is 27.3. The quantitative estimate of drug-likeness (QED) is 0.393. The molecule has 2 aliphatic carbocycles. The molecule has 2 aromatic rings. The second-order valence-corrected chi connectivity index (χ2v) is 10.3. The Balaban J connectivity index is 1.51. The molecule has 0 amide bonds. The van der Waals surface area contributed by atoms with E-state index in [0.29, 0.717) is 40.6 Å². The Morgan fingerprint density at radius 3 is 2.59 bits per heavy atom. The van der Waals surface area contributed by atoms with E-state index < -0.39 is 17.5 Å². The van der Waals surface area contributed by atoms with E-state index in [9.17, 15) is 9.59 Å². The van der Waals surface area contributed by atoms with Crippen LogP contribution in [0.1, 0.15) is 43.1 Å². The molecule has 8 heteroatoms. The number of ketones is 1. The van der Waals surface area contributed by atoms with Gasteiger partial charge in [-0.15, -0.1) is 0 Å². The summed E-state index contributed by atoms with van der Waals surface area (Å²) in [7, 11) is 2.98. The molecule has 2 aliphatic heterocycles. The monoisotopic (exact) mass is 530 g/mol. The van der Waals surface area contributed by atoms with E-state index in [2.05, 4.69) is 13.8 Å². The molecule has 0 saturated carbocycles. The molecule has 1 unspecified atom stereocenters. The normalized spacial score (nSPS) is 26.7. The molecule has 0 radical (unpaired) electrons. The predicted octanol–water partition coefficient (Wildman–Crippen LogP) is 5.03. The zero-order valence-electron chi connectivity index (χ0n) is 22.3. The summed E-state index contributed by atoms with van der Waals surface area (Å²) < 4.78 is 35.1. The lowest BCUT2D eigenvalue weighted by atomic mass is 9.62. The third kappa shape index (κ3) is 3.80. The Bertz CT molecular complexity index is 1440. The standard InChI is InChI=1S/C31H30O8/c1-17-12-20-13-22(34-3)28(35-4)30(33)31(20)15-36-29-25(31)21(14-23-27(29)38-16-37-23)26(18(17)2)39-24(32)11-10-19-8-6-5-7-9-19/h5-11,13-14,17-18,26H,12,15-16H2,1-4H3/b11-10+/t17-,18-,26+,31?/m0/s1. The van der Waals surface area contributed by atoms with E-state index in [0.717, 1.165) is 11.1 Å². The lowest BCUT2D eigenvalue weighted by Crippen LogP contribution is -2.46. The van der Waals surface area contributed by atoms with Crippen LogP contribution in [0.3, 0.4) is 0 Å². The number of carbonyl (C=O) groups is 2. The van der Waals surface area contributed by atoms with Gasteiger partial charge in [0.1, 0.15) is 18.1 Å². The topological polar surface area (TPSA) is 89.5 Å². The number of hydrogen-bond donors (Lipinski definition) is 0. The highest BCUT2D eigenvalue weighted by Crippen LogP contribution is 2.61. The fourth-order valence-electron chi connectivity index (χ4n) is 6.07. The highest BCUT2D eigenvalue weighted by molar-refractivity contribution is 6.08. The third-order valence-electron chi connectivity index (χ3n) is 8.28. The summed E-state index contributed by atoms with van der Waals surface area (Å²) in [5.41, 5.74) is 1.90. The largest absolute Gasteiger partial charge is 0.493 e. The van der Waals surface area contributed by atoms with Gasteiger partial charge in [-0.05, 0) is 41.7 Å². The minimum absolute atomic E-state index is 0.0332. The van der Waals surface area contributed by atoms with Gasteiger partial charge in [0.2, 0.25) is 24.1 Å². The van der Waals surface area contributed by atoms with Crippen LogP contribution < -0.4 is 14.2 Å². The van der Waals surface area contributed by atoms with Crippen molar-refractivity contribution in [3.05, 3.63) is 82.3 Å². The Kier molecular flexibility index (Phi) is 6.13. The van der Waals surface area contributed by atoms with Gasteiger partial charge in [0.25, 0.3) is 0 Å². The van der Waals surface area contributed by atoms with Crippen molar-refractivity contribution in [2.45, 2.75) is 31.8 Å². The SMILES string of the molecule is COC1=C(OC)C(=O)C23COc4c5c(cc(c42)[C@H](OC(=O)/C=C/c2ccccc2)[C@@H](C)[C@@H](C)CC3=C1)OCO5. The van der Waals surface area contributed by atoms with E-state index in [4.69, 9.17) is 28.4 Å². The molecule has 0 fully saturated rings. The van der Waals surface area contributed by atoms with Gasteiger partial charge >= 0.3 is 5.97 Å². The van der Waals surface area contributed by atoms with Gasteiger partial charge in [0, 0.05) is 23.1 Å². The highest BCUT2D eigenvalue weighted by Gasteiger charge is 2.59. The number of fused-ring (bicyclic) bond motifs is 2. The summed E-state index contributed by atoms with van der Waals surface area (Å²) in [5, 5.41) is 0. The van der Waals surface area contributed by atoms with Crippen LogP contribution >= 0.6 is 0 Å². The van der Waals surface area contributed by atoms with E-state index in [1.54, 1.807) is 6.08 Å². The smallest absolute Gasteiger partial charge is 0.331 e. The van der Waals surface area contributed by atoms with Crippen molar-refractivity contribution in [1.29, 1.82) is 0 Å². The lowest BCUT2D eigenvalue weighted by molar-refractivity contribution is -0.147. The summed E-state index contributed by atoms with van der Waals surface area (Å²) >= 11 is 0. The molecular weight excluding hydrogens is 500 g/mol. The molecule has 39 heavy (non-hydrogen) atoms. The van der Waals surface area contributed by atoms with Gasteiger partial charge in [-0.1, -0.05) is 44.2 Å². The molecule has 202 valence electrons. The first-order valence-electron chi connectivity index (χ1n) is 13.0. The first-order chi connectivity index (χ1) is 18.9. The van der Waals surface area contributed by atoms with Crippen molar-refractivity contribution < 1.29 is 38.0 Å². The first kappa shape index (κ1) is 25.1. The summed E-state index contributed by atoms with van der Waals surface area (Å²) in [5.74, 6) is 1.11. The van der Waals surface area contributed by atoms with Crippen molar-refractivity contribution in [2.24, 2.45) is 11.8 Å². The Hall–Kier alpha value is -4.20. The maximum Gasteiger partial charge on any atom is 0.331 e. The van der Waals surface area contributed by atoms with Crippen molar-refractivity contribution in [2.75, 3.05) is 27.6 Å². The summed E-state index contributed by atoms with van der Waals surface area (Å²) in [6.07, 6.45) is 4.95. The average Bonchev–Trinajstić information content (AvgIpc) is 3.58. The number of Topliss-reactive ketones (excluding diaryl/α,β-unsaturated/α-hetero) is 1. The number of carbonyl (C=O) groups excluding carboxylic acids is 2. The van der Waals surface area contributed by atoms with Crippen LogP contribution in [0, 0.1) is 11.8 Å². The van der Waals surface area contributed by atoms with Gasteiger partial charge in [-0.2, -0.15) is 0 Å². The van der Waals surface area contributed by atoms with E-state index in [-0.39, 0.29) is 36.8 Å². The number of benzene rings is 2. The van der Waals surface area contributed by atoms with Gasteiger partial charge in [-0.25, -0.2) is 4.79 Å². The summed E-state index contributed by atoms with van der Waals surface area (Å²) in [6.45, 7) is 4.26. The molecule has 0 aromatic heterocycles. The van der Waals surface area contributed by atoms with Crippen LogP contribution in [-0.2, 0) is 29.2 Å². The molecular formula is C31H30O8. The van der Waals surface area contributed by atoms with Crippen LogP contribution in [-0.4, -0.2) is 39.4 Å². The van der Waals surface area contributed by atoms with Crippen molar-refractivity contribution >= 4 is 17.8 Å². The molecule has 6 rings (SSSR count). The fraction of sp³-hybridized carbons (Fsp3) is 0.355. The van der Waals surface area contributed by atoms with Crippen LogP contribution in [0.4, 0.5) is 0 Å². The third-order valence-corrected chi connectivity index (χ3v) is 8.28. The van der Waals surface area contributed by atoms with E-state index in [1.165, 1.54) is 20.3 Å². The Labute approximate surface area is 226 Å². The molecule has 2 heterocycles. The lowest BCUT2D eigenvalue weighted by Gasteiger charge is -2.41. The number of hydrogen-bond acceptors (Lipinski definition) is 8. The van der Waals surface area contributed by atoms with Crippen molar-refractivity contribution in [3.63, 3.8) is 0 Å². The average molecular weight is 531 g/mol. The van der Waals surface area contributed by atoms with E-state index >= 15 is 0 Å². The Morgan fingerprint density at radius 2 is 1.85 bits per heavy atom. The van der Waals surface area contributed by atoms with Crippen LogP contribution in [0.2, 0.25) is 0 Å². The molecule has 4 aliphatic rings. The zero-order valence-corrected chi connectivity index (χ0v) is 22.3. The Morgan fingerprint density at radius 1 is 1.05 bits per heavy atom. The van der Waals surface area contributed by atoms with Gasteiger partial charge in [0.05, 0.1) is 14.2 Å². The second-order valence-electron chi connectivity index (χ2n) is 10.3. The van der Waals surface area contributed by atoms with Gasteiger partial charge in [0.15, 0.2) is 17.3 Å². The number of ether oxygens (including phenoxy) is 6. The minimum Gasteiger partial charge on any atom is -0.493 e. The van der Waals surface area contributed by atoms with Crippen LogP contribution in [0.15, 0.2) is 65.6 Å². The highest BCUT2D eigenvalue weighted by atomic mass is 16.7. The molecule has 4 atom stereocenters. The van der Waals surface area contributed by atoms with Gasteiger partial charge < -0.3 is 28.4 Å². The number of allylic oxidation sites excluding steroid dienone is 2. The summed E-state index contributed by atoms with van der Waals surface area (Å²) in [6, 6.07) is 11.4. The maximum atomic E-state index is 14.3. The summed E-state index contributed by atoms with van der Waals surface area (Å²) in [4.78, 5) is 27.4. The number of rotatable bonds is 5. The molecule has 0 N–H and O–H groups in total. The predicted molar refractivity (Wildman–Crippen MR) is 141 cm³/mol. The van der Waals surface area contributed by atoms with Crippen molar-refractivity contribution in [3.8, 4) is 17.2 Å². The molecule has 2 aromatic carbocycles. The molecule has 0 saturated heterocycles. The number of methoxy groups -OCH3 is 2.